The molecule has 0 aliphatic heterocycles. The molecule has 0 saturated heterocycles. The SMILES string of the molecule is COc1ccc(-c2csc(=S)n2Cc2ccncc2)c(OC)c1. The smallest absolute Gasteiger partial charge is 0.161 e. The molecule has 4 nitrogen and oxygen atoms in total. The van der Waals surface area contributed by atoms with E-state index in [0.29, 0.717) is 6.54 Å². The minimum absolute atomic E-state index is 0.704. The van der Waals surface area contributed by atoms with E-state index in [1.54, 1.807) is 38.0 Å². The van der Waals surface area contributed by atoms with Gasteiger partial charge >= 0.3 is 0 Å². The van der Waals surface area contributed by atoms with Gasteiger partial charge in [-0.3, -0.25) is 4.98 Å². The van der Waals surface area contributed by atoms with Gasteiger partial charge in [0.15, 0.2) is 3.95 Å². The molecule has 0 amide bonds. The van der Waals surface area contributed by atoms with Crippen LogP contribution in [0.5, 0.6) is 11.5 Å². The minimum Gasteiger partial charge on any atom is -0.497 e. The first-order valence-corrected chi connectivity index (χ1v) is 8.31. The van der Waals surface area contributed by atoms with Crippen molar-refractivity contribution in [2.75, 3.05) is 14.2 Å². The molecule has 0 aliphatic rings. The number of pyridine rings is 1. The van der Waals surface area contributed by atoms with Gasteiger partial charge < -0.3 is 14.0 Å². The summed E-state index contributed by atoms with van der Waals surface area (Å²) >= 11 is 7.05. The van der Waals surface area contributed by atoms with E-state index in [9.17, 15) is 0 Å². The zero-order valence-corrected chi connectivity index (χ0v) is 14.5. The molecule has 0 bridgehead atoms. The Morgan fingerprint density at radius 2 is 1.91 bits per heavy atom. The van der Waals surface area contributed by atoms with E-state index in [0.717, 1.165) is 32.3 Å². The van der Waals surface area contributed by atoms with Crippen LogP contribution < -0.4 is 9.47 Å². The minimum atomic E-state index is 0.704. The lowest BCUT2D eigenvalue weighted by atomic mass is 10.1. The summed E-state index contributed by atoms with van der Waals surface area (Å²) in [6.45, 7) is 0.704. The summed E-state index contributed by atoms with van der Waals surface area (Å²) in [5, 5.41) is 2.06. The molecule has 0 aliphatic carbocycles. The Kier molecular flexibility index (Phi) is 4.73. The van der Waals surface area contributed by atoms with Gasteiger partial charge in [-0.05, 0) is 42.0 Å². The maximum Gasteiger partial charge on any atom is 0.161 e. The van der Waals surface area contributed by atoms with Gasteiger partial charge in [0.2, 0.25) is 0 Å². The van der Waals surface area contributed by atoms with Crippen LogP contribution in [0.4, 0.5) is 0 Å². The standard InChI is InChI=1S/C17H16N2O2S2/c1-20-13-3-4-14(16(9-13)21-2)15-11-23-17(22)19(15)10-12-5-7-18-8-6-12/h3-9,11H,10H2,1-2H3. The van der Waals surface area contributed by atoms with Gasteiger partial charge in [-0.25, -0.2) is 0 Å². The number of methoxy groups -OCH3 is 2. The van der Waals surface area contributed by atoms with E-state index < -0.39 is 0 Å². The number of hydrogen-bond donors (Lipinski definition) is 0. The zero-order chi connectivity index (χ0) is 16.2. The van der Waals surface area contributed by atoms with Gasteiger partial charge in [0.1, 0.15) is 11.5 Å². The predicted octanol–water partition coefficient (Wildman–Crippen LogP) is 4.41. The lowest BCUT2D eigenvalue weighted by molar-refractivity contribution is 0.395. The summed E-state index contributed by atoms with van der Waals surface area (Å²) < 4.78 is 13.7. The largest absolute Gasteiger partial charge is 0.497 e. The van der Waals surface area contributed by atoms with Crippen LogP contribution >= 0.6 is 23.6 Å². The van der Waals surface area contributed by atoms with E-state index in [-0.39, 0.29) is 0 Å². The normalized spacial score (nSPS) is 10.5. The number of hydrogen-bond acceptors (Lipinski definition) is 5. The third-order valence-corrected chi connectivity index (χ3v) is 4.83. The number of ether oxygens (including phenoxy) is 2. The fourth-order valence-electron chi connectivity index (χ4n) is 2.37. The van der Waals surface area contributed by atoms with E-state index >= 15 is 0 Å². The van der Waals surface area contributed by atoms with Crippen molar-refractivity contribution in [3.05, 3.63) is 57.6 Å². The zero-order valence-electron chi connectivity index (χ0n) is 12.9. The fourth-order valence-corrected chi connectivity index (χ4v) is 3.44. The van der Waals surface area contributed by atoms with Crippen molar-refractivity contribution in [3.8, 4) is 22.8 Å². The molecular weight excluding hydrogens is 328 g/mol. The molecule has 118 valence electrons. The molecule has 1 aromatic carbocycles. The predicted molar refractivity (Wildman–Crippen MR) is 95.0 cm³/mol. The number of nitrogens with zero attached hydrogens (tertiary/aromatic N) is 2. The first-order chi connectivity index (χ1) is 11.2. The Balaban J connectivity index is 2.06. The Labute approximate surface area is 144 Å². The molecule has 23 heavy (non-hydrogen) atoms. The second kappa shape index (κ2) is 6.93. The van der Waals surface area contributed by atoms with Crippen molar-refractivity contribution in [1.82, 2.24) is 9.55 Å². The molecule has 3 rings (SSSR count). The first kappa shape index (κ1) is 15.7. The summed E-state index contributed by atoms with van der Waals surface area (Å²) in [6.07, 6.45) is 3.58. The van der Waals surface area contributed by atoms with E-state index in [4.69, 9.17) is 21.7 Å². The molecule has 2 aromatic heterocycles. The summed E-state index contributed by atoms with van der Waals surface area (Å²) in [4.78, 5) is 4.06. The van der Waals surface area contributed by atoms with Crippen LogP contribution in [0.15, 0.2) is 48.1 Å². The monoisotopic (exact) mass is 344 g/mol. The lowest BCUT2D eigenvalue weighted by Crippen LogP contribution is -2.02. The van der Waals surface area contributed by atoms with Crippen LogP contribution in [-0.4, -0.2) is 23.8 Å². The Morgan fingerprint density at radius 3 is 2.61 bits per heavy atom. The molecule has 0 fully saturated rings. The highest BCUT2D eigenvalue weighted by atomic mass is 32.1. The lowest BCUT2D eigenvalue weighted by Gasteiger charge is -2.13. The highest BCUT2D eigenvalue weighted by molar-refractivity contribution is 7.73. The molecule has 3 aromatic rings. The van der Waals surface area contributed by atoms with Gasteiger partial charge in [-0.15, -0.1) is 11.3 Å². The van der Waals surface area contributed by atoms with Crippen LogP contribution in [0.2, 0.25) is 0 Å². The molecule has 6 heteroatoms. The first-order valence-electron chi connectivity index (χ1n) is 7.02. The number of benzene rings is 1. The van der Waals surface area contributed by atoms with Gasteiger partial charge in [0.25, 0.3) is 0 Å². The van der Waals surface area contributed by atoms with Crippen LogP contribution in [0, 0.1) is 3.95 Å². The maximum atomic E-state index is 5.52. The Bertz CT molecular complexity index is 857. The molecule has 0 spiro atoms. The van der Waals surface area contributed by atoms with Crippen molar-refractivity contribution in [2.24, 2.45) is 0 Å². The van der Waals surface area contributed by atoms with Gasteiger partial charge in [0.05, 0.1) is 19.9 Å². The topological polar surface area (TPSA) is 36.3 Å². The van der Waals surface area contributed by atoms with E-state index in [1.807, 2.05) is 30.3 Å². The van der Waals surface area contributed by atoms with Crippen molar-refractivity contribution in [2.45, 2.75) is 6.54 Å². The molecule has 0 saturated carbocycles. The molecule has 0 unspecified atom stereocenters. The average molecular weight is 344 g/mol. The van der Waals surface area contributed by atoms with E-state index in [2.05, 4.69) is 14.9 Å². The van der Waals surface area contributed by atoms with Crippen molar-refractivity contribution >= 4 is 23.6 Å². The maximum absolute atomic E-state index is 5.52. The van der Waals surface area contributed by atoms with Crippen LogP contribution in [0.3, 0.4) is 0 Å². The quantitative estimate of drug-likeness (QED) is 0.643. The average Bonchev–Trinajstić information content (AvgIpc) is 2.96. The summed E-state index contributed by atoms with van der Waals surface area (Å²) in [7, 11) is 3.30. The highest BCUT2D eigenvalue weighted by Gasteiger charge is 2.13. The Morgan fingerprint density at radius 1 is 1.13 bits per heavy atom. The molecule has 0 radical (unpaired) electrons. The van der Waals surface area contributed by atoms with Crippen LogP contribution in [0.1, 0.15) is 5.56 Å². The number of thiazole rings is 1. The van der Waals surface area contributed by atoms with Crippen molar-refractivity contribution < 1.29 is 9.47 Å². The molecule has 2 heterocycles. The number of rotatable bonds is 5. The fraction of sp³-hybridized carbons (Fsp3) is 0.176. The summed E-state index contributed by atoms with van der Waals surface area (Å²) in [5.41, 5.74) is 3.19. The second-order valence-electron chi connectivity index (χ2n) is 4.89. The molecule has 0 N–H and O–H groups in total. The number of aromatic nitrogens is 2. The van der Waals surface area contributed by atoms with E-state index in [1.165, 1.54) is 0 Å². The molecular formula is C17H16N2O2S2. The highest BCUT2D eigenvalue weighted by Crippen LogP contribution is 2.35. The van der Waals surface area contributed by atoms with Gasteiger partial charge in [0, 0.05) is 35.9 Å². The van der Waals surface area contributed by atoms with Crippen molar-refractivity contribution in [1.29, 1.82) is 0 Å². The summed E-state index contributed by atoms with van der Waals surface area (Å²) in [6, 6.07) is 9.79. The second-order valence-corrected chi connectivity index (χ2v) is 6.40. The third kappa shape index (κ3) is 3.28. The summed E-state index contributed by atoms with van der Waals surface area (Å²) in [5.74, 6) is 1.53. The van der Waals surface area contributed by atoms with Gasteiger partial charge in [-0.1, -0.05) is 0 Å². The van der Waals surface area contributed by atoms with Crippen LogP contribution in [0.25, 0.3) is 11.3 Å². The van der Waals surface area contributed by atoms with Crippen LogP contribution in [-0.2, 0) is 6.54 Å². The molecule has 0 atom stereocenters. The Hall–Kier alpha value is -2.18. The van der Waals surface area contributed by atoms with Gasteiger partial charge in [-0.2, -0.15) is 0 Å². The van der Waals surface area contributed by atoms with Crippen molar-refractivity contribution in [3.63, 3.8) is 0 Å². The third-order valence-electron chi connectivity index (χ3n) is 3.56.